The lowest BCUT2D eigenvalue weighted by molar-refractivity contribution is 0.0197. The number of carbonyl (C=O) groups is 1. The van der Waals surface area contributed by atoms with Gasteiger partial charge in [0.1, 0.15) is 35.3 Å². The van der Waals surface area contributed by atoms with E-state index in [1.54, 1.807) is 9.42 Å². The molecule has 0 saturated carbocycles. The predicted octanol–water partition coefficient (Wildman–Crippen LogP) is 6.03. The van der Waals surface area contributed by atoms with E-state index < -0.39 is 5.60 Å². The van der Waals surface area contributed by atoms with Gasteiger partial charge in [-0.25, -0.2) is 29.2 Å². The minimum Gasteiger partial charge on any atom is -0.457 e. The second-order valence-corrected chi connectivity index (χ2v) is 11.2. The predicted molar refractivity (Wildman–Crippen MR) is 155 cm³/mol. The van der Waals surface area contributed by atoms with Crippen LogP contribution in [-0.2, 0) is 4.74 Å². The number of nitrogens with one attached hydrogen (secondary N) is 1. The number of pyridine rings is 2. The Balaban J connectivity index is 1.20. The lowest BCUT2D eigenvalue weighted by Gasteiger charge is -2.34. The lowest BCUT2D eigenvalue weighted by atomic mass is 9.94. The number of ether oxygens (including phenoxy) is 2. The molecule has 11 heteroatoms. The molecule has 1 atom stereocenters. The van der Waals surface area contributed by atoms with Crippen molar-refractivity contribution in [2.45, 2.75) is 52.1 Å². The molecule has 41 heavy (non-hydrogen) atoms. The summed E-state index contributed by atoms with van der Waals surface area (Å²) < 4.78 is 13.4. The molecule has 5 aromatic rings. The molecule has 0 spiro atoms. The Bertz CT molecular complexity index is 1730. The molecule has 1 N–H and O–H groups in total. The summed E-state index contributed by atoms with van der Waals surface area (Å²) in [7, 11) is 0. The smallest absolute Gasteiger partial charge is 0.410 e. The first-order valence-corrected chi connectivity index (χ1v) is 13.7. The second kappa shape index (κ2) is 10.6. The van der Waals surface area contributed by atoms with E-state index in [2.05, 4.69) is 25.4 Å². The van der Waals surface area contributed by atoms with Crippen molar-refractivity contribution in [1.29, 1.82) is 0 Å². The quantitative estimate of drug-likeness (QED) is 0.279. The molecule has 0 radical (unpaired) electrons. The zero-order valence-corrected chi connectivity index (χ0v) is 23.5. The van der Waals surface area contributed by atoms with Gasteiger partial charge in [-0.05, 0) is 82.5 Å². The van der Waals surface area contributed by atoms with Crippen LogP contribution in [0.15, 0.2) is 61.3 Å². The number of aryl methyl sites for hydroxylation is 1. The number of hydrogen-bond acceptors (Lipinski definition) is 9. The summed E-state index contributed by atoms with van der Waals surface area (Å²) in [5, 5.41) is 7.52. The summed E-state index contributed by atoms with van der Waals surface area (Å²) in [5.41, 5.74) is 4.32. The van der Waals surface area contributed by atoms with E-state index in [9.17, 15) is 4.79 Å². The van der Waals surface area contributed by atoms with Gasteiger partial charge in [0.2, 0.25) is 0 Å². The van der Waals surface area contributed by atoms with Crippen LogP contribution in [-0.4, -0.2) is 59.2 Å². The van der Waals surface area contributed by atoms with Gasteiger partial charge < -0.3 is 19.7 Å². The Morgan fingerprint density at radius 2 is 1.93 bits per heavy atom. The highest BCUT2D eigenvalue weighted by atomic mass is 16.6. The van der Waals surface area contributed by atoms with Gasteiger partial charge in [-0.1, -0.05) is 0 Å². The van der Waals surface area contributed by atoms with Crippen molar-refractivity contribution in [3.63, 3.8) is 0 Å². The third-order valence-electron chi connectivity index (χ3n) is 6.91. The number of carbonyl (C=O) groups excluding carboxylic acids is 1. The Morgan fingerprint density at radius 3 is 2.76 bits per heavy atom. The van der Waals surface area contributed by atoms with Gasteiger partial charge >= 0.3 is 6.09 Å². The van der Waals surface area contributed by atoms with Crippen LogP contribution in [0, 0.1) is 6.92 Å². The van der Waals surface area contributed by atoms with Gasteiger partial charge in [0.15, 0.2) is 11.5 Å². The van der Waals surface area contributed by atoms with Gasteiger partial charge in [-0.3, -0.25) is 0 Å². The molecule has 5 heterocycles. The third kappa shape index (κ3) is 5.88. The van der Waals surface area contributed by atoms with Crippen LogP contribution in [0.1, 0.15) is 50.8 Å². The van der Waals surface area contributed by atoms with E-state index in [1.165, 1.54) is 12.7 Å². The first-order chi connectivity index (χ1) is 19.7. The number of rotatable bonds is 5. The third-order valence-corrected chi connectivity index (χ3v) is 6.91. The molecule has 210 valence electrons. The number of piperidine rings is 1. The van der Waals surface area contributed by atoms with Crippen molar-refractivity contribution in [3.8, 4) is 11.5 Å². The fourth-order valence-electron chi connectivity index (χ4n) is 4.95. The number of fused-ring (bicyclic) bond motifs is 2. The summed E-state index contributed by atoms with van der Waals surface area (Å²) in [6.45, 7) is 8.89. The molecule has 1 amide bonds. The summed E-state index contributed by atoms with van der Waals surface area (Å²) in [4.78, 5) is 32.6. The molecule has 1 aromatic carbocycles. The highest BCUT2D eigenvalue weighted by Crippen LogP contribution is 2.32. The first-order valence-electron chi connectivity index (χ1n) is 13.7. The van der Waals surface area contributed by atoms with E-state index in [4.69, 9.17) is 14.5 Å². The van der Waals surface area contributed by atoms with Gasteiger partial charge in [0, 0.05) is 42.7 Å². The normalized spacial score (nSPS) is 15.7. The molecule has 11 nitrogen and oxygen atoms in total. The zero-order valence-electron chi connectivity index (χ0n) is 23.5. The van der Waals surface area contributed by atoms with Gasteiger partial charge in [-0.2, -0.15) is 5.10 Å². The van der Waals surface area contributed by atoms with Gasteiger partial charge in [-0.15, -0.1) is 0 Å². The van der Waals surface area contributed by atoms with Crippen molar-refractivity contribution < 1.29 is 14.3 Å². The van der Waals surface area contributed by atoms with E-state index in [0.29, 0.717) is 35.8 Å². The molecule has 0 bridgehead atoms. The number of anilines is 2. The van der Waals surface area contributed by atoms with Crippen molar-refractivity contribution in [2.75, 3.05) is 18.4 Å². The Labute approximate surface area is 237 Å². The number of likely N-dealkylation sites (tertiary alicyclic amines) is 1. The molecule has 1 aliphatic rings. The molecule has 4 aromatic heterocycles. The molecule has 1 fully saturated rings. The summed E-state index contributed by atoms with van der Waals surface area (Å²) in [6.07, 6.45) is 6.40. The fraction of sp³-hybridized carbons (Fsp3) is 0.333. The SMILES string of the molecule is Cc1cc(Nc2ncnc3ccc(C4CCCN(C(=O)OC(C)(C)C)C4)nc23)ccc1Oc1ccn2ncnc2c1. The highest BCUT2D eigenvalue weighted by Gasteiger charge is 2.29. The van der Waals surface area contributed by atoms with Crippen molar-refractivity contribution >= 4 is 34.3 Å². The maximum absolute atomic E-state index is 12.7. The maximum Gasteiger partial charge on any atom is 0.410 e. The van der Waals surface area contributed by atoms with E-state index >= 15 is 0 Å². The second-order valence-electron chi connectivity index (χ2n) is 11.2. The van der Waals surface area contributed by atoms with Crippen LogP contribution in [0.5, 0.6) is 11.5 Å². The van der Waals surface area contributed by atoms with Crippen LogP contribution in [0.25, 0.3) is 16.7 Å². The van der Waals surface area contributed by atoms with Crippen LogP contribution < -0.4 is 10.1 Å². The monoisotopic (exact) mass is 552 g/mol. The number of amides is 1. The van der Waals surface area contributed by atoms with Gasteiger partial charge in [0.05, 0.1) is 5.52 Å². The number of benzene rings is 1. The summed E-state index contributed by atoms with van der Waals surface area (Å²) in [5.74, 6) is 2.13. The topological polar surface area (TPSA) is 120 Å². The maximum atomic E-state index is 12.7. The number of aromatic nitrogens is 6. The van der Waals surface area contributed by atoms with Crippen LogP contribution in [0.3, 0.4) is 0 Å². The number of nitrogens with zero attached hydrogens (tertiary/aromatic N) is 7. The molecule has 0 aliphatic carbocycles. The fourth-order valence-corrected chi connectivity index (χ4v) is 4.95. The molecule has 1 aliphatic heterocycles. The van der Waals surface area contributed by atoms with Crippen LogP contribution in [0.2, 0.25) is 0 Å². The van der Waals surface area contributed by atoms with E-state index in [-0.39, 0.29) is 12.0 Å². The minimum absolute atomic E-state index is 0.101. The zero-order chi connectivity index (χ0) is 28.6. The molecular formula is C30H32N8O3. The Hall–Kier alpha value is -4.80. The average Bonchev–Trinajstić information content (AvgIpc) is 3.42. The van der Waals surface area contributed by atoms with Crippen LogP contribution >= 0.6 is 0 Å². The molecule has 6 rings (SSSR count). The lowest BCUT2D eigenvalue weighted by Crippen LogP contribution is -2.42. The minimum atomic E-state index is -0.530. The van der Waals surface area contributed by atoms with Crippen molar-refractivity contribution in [3.05, 3.63) is 72.6 Å². The highest BCUT2D eigenvalue weighted by molar-refractivity contribution is 5.87. The molecule has 1 saturated heterocycles. The van der Waals surface area contributed by atoms with Crippen molar-refractivity contribution in [2.24, 2.45) is 0 Å². The first kappa shape index (κ1) is 26.4. The average molecular weight is 553 g/mol. The largest absolute Gasteiger partial charge is 0.457 e. The van der Waals surface area contributed by atoms with Crippen LogP contribution in [0.4, 0.5) is 16.3 Å². The number of hydrogen-bond donors (Lipinski definition) is 1. The molecule has 1 unspecified atom stereocenters. The standard InChI is InChI=1S/C30H32N8O3/c1-19-14-21(7-10-25(19)40-22-11-13-38-26(15-22)32-18-34-38)35-28-27-24(31-17-33-28)9-8-23(36-27)20-6-5-12-37(16-20)29(39)41-30(2,3)4/h7-11,13-15,17-18,20H,5-6,12,16H2,1-4H3,(H,31,33,35). The summed E-state index contributed by atoms with van der Waals surface area (Å²) in [6, 6.07) is 13.5. The summed E-state index contributed by atoms with van der Waals surface area (Å²) >= 11 is 0. The molecular weight excluding hydrogens is 520 g/mol. The Kier molecular flexibility index (Phi) is 6.86. The van der Waals surface area contributed by atoms with Crippen molar-refractivity contribution in [1.82, 2.24) is 34.4 Å². The van der Waals surface area contributed by atoms with E-state index in [0.717, 1.165) is 41.1 Å². The Morgan fingerprint density at radius 1 is 1.05 bits per heavy atom. The van der Waals surface area contributed by atoms with Gasteiger partial charge in [0.25, 0.3) is 0 Å². The van der Waals surface area contributed by atoms with E-state index in [1.807, 2.05) is 76.4 Å².